The summed E-state index contributed by atoms with van der Waals surface area (Å²) in [5.74, 6) is 1.42. The van der Waals surface area contributed by atoms with Gasteiger partial charge in [0.15, 0.2) is 6.61 Å². The first kappa shape index (κ1) is 22.2. The monoisotopic (exact) mass is 411 g/mol. The molecular formula is C25H33NO4. The number of hydrogen-bond donors (Lipinski definition) is 1. The predicted octanol–water partition coefficient (Wildman–Crippen LogP) is 4.24. The summed E-state index contributed by atoms with van der Waals surface area (Å²) in [7, 11) is 1.66. The largest absolute Gasteiger partial charge is 0.497 e. The van der Waals surface area contributed by atoms with Crippen LogP contribution in [0.4, 0.5) is 0 Å². The van der Waals surface area contributed by atoms with Gasteiger partial charge >= 0.3 is 0 Å². The highest BCUT2D eigenvalue weighted by molar-refractivity contribution is 5.77. The number of carbonyl (C=O) groups excluding carboxylic acids is 1. The fourth-order valence-corrected chi connectivity index (χ4v) is 3.79. The third-order valence-electron chi connectivity index (χ3n) is 5.87. The van der Waals surface area contributed by atoms with Gasteiger partial charge in [-0.1, -0.05) is 45.0 Å². The summed E-state index contributed by atoms with van der Waals surface area (Å²) in [4.78, 5) is 12.5. The van der Waals surface area contributed by atoms with E-state index in [1.807, 2.05) is 36.4 Å². The van der Waals surface area contributed by atoms with Crippen LogP contribution in [0.1, 0.15) is 44.7 Å². The van der Waals surface area contributed by atoms with Gasteiger partial charge in [-0.05, 0) is 53.6 Å². The number of rotatable bonds is 7. The molecule has 1 aliphatic heterocycles. The Kier molecular flexibility index (Phi) is 7.03. The summed E-state index contributed by atoms with van der Waals surface area (Å²) < 4.78 is 16.5. The molecule has 3 rings (SSSR count). The summed E-state index contributed by atoms with van der Waals surface area (Å²) in [6, 6.07) is 16.1. The molecule has 0 unspecified atom stereocenters. The van der Waals surface area contributed by atoms with Crippen molar-refractivity contribution < 1.29 is 19.0 Å². The molecule has 1 N–H and O–H groups in total. The fourth-order valence-electron chi connectivity index (χ4n) is 3.79. The Morgan fingerprint density at radius 1 is 1.00 bits per heavy atom. The lowest BCUT2D eigenvalue weighted by Gasteiger charge is -2.38. The lowest BCUT2D eigenvalue weighted by Crippen LogP contribution is -2.45. The van der Waals surface area contributed by atoms with E-state index >= 15 is 0 Å². The number of amides is 1. The second-order valence-electron chi connectivity index (χ2n) is 8.96. The van der Waals surface area contributed by atoms with Crippen molar-refractivity contribution in [1.82, 2.24) is 5.32 Å². The second kappa shape index (κ2) is 9.52. The van der Waals surface area contributed by atoms with Gasteiger partial charge in [0, 0.05) is 25.2 Å². The zero-order valence-electron chi connectivity index (χ0n) is 18.5. The molecule has 0 saturated carbocycles. The zero-order chi connectivity index (χ0) is 21.6. The van der Waals surface area contributed by atoms with E-state index in [0.29, 0.717) is 25.5 Å². The van der Waals surface area contributed by atoms with Crippen LogP contribution >= 0.6 is 0 Å². The lowest BCUT2D eigenvalue weighted by molar-refractivity contribution is -0.123. The van der Waals surface area contributed by atoms with Crippen LogP contribution in [0.2, 0.25) is 0 Å². The van der Waals surface area contributed by atoms with Crippen LogP contribution in [0.5, 0.6) is 11.5 Å². The molecule has 1 heterocycles. The van der Waals surface area contributed by atoms with Crippen LogP contribution in [0.3, 0.4) is 0 Å². The minimum atomic E-state index is -0.130. The van der Waals surface area contributed by atoms with E-state index in [-0.39, 0.29) is 23.3 Å². The molecule has 1 saturated heterocycles. The Morgan fingerprint density at radius 3 is 2.17 bits per heavy atom. The van der Waals surface area contributed by atoms with Crippen LogP contribution in [-0.4, -0.2) is 39.4 Å². The highest BCUT2D eigenvalue weighted by atomic mass is 16.5. The van der Waals surface area contributed by atoms with Crippen molar-refractivity contribution in [2.75, 3.05) is 33.5 Å². The summed E-state index contributed by atoms with van der Waals surface area (Å²) in [6.45, 7) is 8.47. The van der Waals surface area contributed by atoms with Crippen molar-refractivity contribution in [3.8, 4) is 11.5 Å². The molecule has 0 bridgehead atoms. The van der Waals surface area contributed by atoms with Crippen LogP contribution < -0.4 is 14.8 Å². The molecule has 1 amide bonds. The van der Waals surface area contributed by atoms with E-state index in [9.17, 15) is 4.79 Å². The molecule has 1 aliphatic rings. The molecule has 0 atom stereocenters. The average Bonchev–Trinajstić information content (AvgIpc) is 2.76. The van der Waals surface area contributed by atoms with Gasteiger partial charge in [0.25, 0.3) is 5.91 Å². The van der Waals surface area contributed by atoms with Gasteiger partial charge in [-0.25, -0.2) is 0 Å². The standard InChI is InChI=1S/C25H33NO4/c1-24(2,3)19-5-11-22(12-6-19)30-17-23(27)26-18-25(13-15-29-16-14-25)20-7-9-21(28-4)10-8-20/h5-12H,13-18H2,1-4H3,(H,26,27). The molecule has 162 valence electrons. The molecule has 2 aromatic carbocycles. The summed E-state index contributed by atoms with van der Waals surface area (Å²) in [5.41, 5.74) is 2.40. The highest BCUT2D eigenvalue weighted by Crippen LogP contribution is 2.35. The second-order valence-corrected chi connectivity index (χ2v) is 8.96. The van der Waals surface area contributed by atoms with E-state index in [2.05, 4.69) is 38.2 Å². The zero-order valence-corrected chi connectivity index (χ0v) is 18.5. The molecule has 1 fully saturated rings. The maximum absolute atomic E-state index is 12.5. The van der Waals surface area contributed by atoms with Gasteiger partial charge in [-0.15, -0.1) is 0 Å². The average molecular weight is 412 g/mol. The first-order chi connectivity index (χ1) is 14.3. The number of methoxy groups -OCH3 is 1. The molecule has 5 heteroatoms. The van der Waals surface area contributed by atoms with Gasteiger partial charge in [0.05, 0.1) is 7.11 Å². The minimum Gasteiger partial charge on any atom is -0.497 e. The number of hydrogen-bond acceptors (Lipinski definition) is 4. The van der Waals surface area contributed by atoms with Gasteiger partial charge in [0.1, 0.15) is 11.5 Å². The molecule has 30 heavy (non-hydrogen) atoms. The first-order valence-electron chi connectivity index (χ1n) is 10.5. The summed E-state index contributed by atoms with van der Waals surface area (Å²) in [5, 5.41) is 3.08. The summed E-state index contributed by atoms with van der Waals surface area (Å²) in [6.07, 6.45) is 1.74. The van der Waals surface area contributed by atoms with Crippen LogP contribution in [0.25, 0.3) is 0 Å². The smallest absolute Gasteiger partial charge is 0.257 e. The van der Waals surface area contributed by atoms with Crippen molar-refractivity contribution in [1.29, 1.82) is 0 Å². The van der Waals surface area contributed by atoms with Crippen LogP contribution in [-0.2, 0) is 20.4 Å². The third kappa shape index (κ3) is 5.54. The maximum atomic E-state index is 12.5. The molecule has 0 radical (unpaired) electrons. The number of benzene rings is 2. The molecular weight excluding hydrogens is 378 g/mol. The van der Waals surface area contributed by atoms with E-state index < -0.39 is 0 Å². The normalized spacial score (nSPS) is 16.0. The van der Waals surface area contributed by atoms with E-state index in [4.69, 9.17) is 14.2 Å². The topological polar surface area (TPSA) is 56.8 Å². The van der Waals surface area contributed by atoms with E-state index in [1.54, 1.807) is 7.11 Å². The Bertz CT molecular complexity index is 816. The van der Waals surface area contributed by atoms with E-state index in [1.165, 1.54) is 11.1 Å². The number of carbonyl (C=O) groups is 1. The Morgan fingerprint density at radius 2 is 1.60 bits per heavy atom. The Balaban J connectivity index is 1.58. The fraction of sp³-hybridized carbons (Fsp3) is 0.480. The van der Waals surface area contributed by atoms with Crippen molar-refractivity contribution in [2.24, 2.45) is 0 Å². The SMILES string of the molecule is COc1ccc(C2(CNC(=O)COc3ccc(C(C)(C)C)cc3)CCOCC2)cc1. The van der Waals surface area contributed by atoms with Crippen LogP contribution in [0, 0.1) is 0 Å². The van der Waals surface area contributed by atoms with Crippen molar-refractivity contribution >= 4 is 5.91 Å². The minimum absolute atomic E-state index is 0.00402. The first-order valence-corrected chi connectivity index (χ1v) is 10.5. The van der Waals surface area contributed by atoms with Crippen molar-refractivity contribution in [3.05, 3.63) is 59.7 Å². The highest BCUT2D eigenvalue weighted by Gasteiger charge is 2.35. The maximum Gasteiger partial charge on any atom is 0.257 e. The molecule has 5 nitrogen and oxygen atoms in total. The molecule has 0 aromatic heterocycles. The Labute approximate surface area is 179 Å². The number of ether oxygens (including phenoxy) is 3. The van der Waals surface area contributed by atoms with Gasteiger partial charge in [0.2, 0.25) is 0 Å². The quantitative estimate of drug-likeness (QED) is 0.741. The van der Waals surface area contributed by atoms with E-state index in [0.717, 1.165) is 18.6 Å². The molecule has 0 aliphatic carbocycles. The van der Waals surface area contributed by atoms with Gasteiger partial charge in [-0.2, -0.15) is 0 Å². The van der Waals surface area contributed by atoms with Gasteiger partial charge < -0.3 is 19.5 Å². The van der Waals surface area contributed by atoms with Crippen molar-refractivity contribution in [2.45, 2.75) is 44.4 Å². The number of nitrogens with one attached hydrogen (secondary N) is 1. The van der Waals surface area contributed by atoms with Crippen LogP contribution in [0.15, 0.2) is 48.5 Å². The molecule has 0 spiro atoms. The summed E-state index contributed by atoms with van der Waals surface area (Å²) >= 11 is 0. The Hall–Kier alpha value is -2.53. The molecule has 2 aromatic rings. The van der Waals surface area contributed by atoms with Crippen molar-refractivity contribution in [3.63, 3.8) is 0 Å². The third-order valence-corrected chi connectivity index (χ3v) is 5.87. The predicted molar refractivity (Wildman–Crippen MR) is 118 cm³/mol. The van der Waals surface area contributed by atoms with Gasteiger partial charge in [-0.3, -0.25) is 4.79 Å². The lowest BCUT2D eigenvalue weighted by atomic mass is 9.74.